The van der Waals surface area contributed by atoms with Crippen LogP contribution in [0, 0.1) is 5.82 Å². The SMILES string of the molecule is COCCN(CC(=O)N1CCc2sccc2[C@H]1COc1ccc(F)cc1)C(=O)c1ccccc1. The smallest absolute Gasteiger partial charge is 0.254 e. The molecular formula is C26H27FN2O4S. The van der Waals surface area contributed by atoms with Crippen LogP contribution in [0.1, 0.15) is 26.8 Å². The van der Waals surface area contributed by atoms with Crippen molar-refractivity contribution in [2.24, 2.45) is 0 Å². The minimum atomic E-state index is -0.332. The van der Waals surface area contributed by atoms with Crippen LogP contribution in [0.5, 0.6) is 5.75 Å². The van der Waals surface area contributed by atoms with E-state index >= 15 is 0 Å². The first-order valence-electron chi connectivity index (χ1n) is 11.1. The van der Waals surface area contributed by atoms with Crippen LogP contribution in [0.3, 0.4) is 0 Å². The molecule has 2 heterocycles. The summed E-state index contributed by atoms with van der Waals surface area (Å²) < 4.78 is 24.4. The number of benzene rings is 2. The van der Waals surface area contributed by atoms with E-state index in [0.29, 0.717) is 31.0 Å². The molecule has 4 rings (SSSR count). The molecule has 0 fully saturated rings. The Morgan fingerprint density at radius 2 is 1.88 bits per heavy atom. The van der Waals surface area contributed by atoms with Crippen LogP contribution in [0.2, 0.25) is 0 Å². The summed E-state index contributed by atoms with van der Waals surface area (Å²) in [6.45, 7) is 1.37. The van der Waals surface area contributed by atoms with Gasteiger partial charge in [0.25, 0.3) is 5.91 Å². The van der Waals surface area contributed by atoms with E-state index in [0.717, 1.165) is 12.0 Å². The second-order valence-corrected chi connectivity index (χ2v) is 9.00. The van der Waals surface area contributed by atoms with Crippen molar-refractivity contribution in [2.45, 2.75) is 12.5 Å². The van der Waals surface area contributed by atoms with Crippen molar-refractivity contribution in [1.29, 1.82) is 0 Å². The molecule has 0 radical (unpaired) electrons. The average molecular weight is 483 g/mol. The Morgan fingerprint density at radius 1 is 1.12 bits per heavy atom. The highest BCUT2D eigenvalue weighted by atomic mass is 32.1. The van der Waals surface area contributed by atoms with Gasteiger partial charge in [-0.1, -0.05) is 18.2 Å². The lowest BCUT2D eigenvalue weighted by molar-refractivity contribution is -0.135. The number of amides is 2. The van der Waals surface area contributed by atoms with Gasteiger partial charge < -0.3 is 19.3 Å². The van der Waals surface area contributed by atoms with Crippen LogP contribution in [0.25, 0.3) is 0 Å². The van der Waals surface area contributed by atoms with Crippen LogP contribution < -0.4 is 4.74 Å². The van der Waals surface area contributed by atoms with Crippen LogP contribution >= 0.6 is 11.3 Å². The minimum absolute atomic E-state index is 0.0520. The largest absolute Gasteiger partial charge is 0.491 e. The number of hydrogen-bond acceptors (Lipinski definition) is 5. The molecule has 1 aromatic heterocycles. The molecule has 2 amide bonds. The molecule has 3 aromatic rings. The number of carbonyl (C=O) groups excluding carboxylic acids is 2. The molecule has 0 aliphatic carbocycles. The van der Waals surface area contributed by atoms with E-state index in [1.807, 2.05) is 17.5 Å². The minimum Gasteiger partial charge on any atom is -0.491 e. The third kappa shape index (κ3) is 5.63. The number of ether oxygens (including phenoxy) is 2. The van der Waals surface area contributed by atoms with E-state index < -0.39 is 0 Å². The molecule has 1 aliphatic heterocycles. The van der Waals surface area contributed by atoms with Crippen LogP contribution in [-0.2, 0) is 16.0 Å². The predicted molar refractivity (Wildman–Crippen MR) is 129 cm³/mol. The number of nitrogens with zero attached hydrogens (tertiary/aromatic N) is 2. The molecule has 178 valence electrons. The van der Waals surface area contributed by atoms with E-state index in [1.165, 1.54) is 21.9 Å². The summed E-state index contributed by atoms with van der Waals surface area (Å²) in [6, 6.07) is 16.5. The molecule has 6 nitrogen and oxygen atoms in total. The summed E-state index contributed by atoms with van der Waals surface area (Å²) >= 11 is 1.67. The topological polar surface area (TPSA) is 59.1 Å². The highest BCUT2D eigenvalue weighted by Crippen LogP contribution is 2.34. The van der Waals surface area contributed by atoms with Crippen LogP contribution in [0.4, 0.5) is 4.39 Å². The number of rotatable bonds is 9. The maximum atomic E-state index is 13.5. The first-order valence-corrected chi connectivity index (χ1v) is 12.0. The normalized spacial score (nSPS) is 15.0. The van der Waals surface area contributed by atoms with Gasteiger partial charge in [0.15, 0.2) is 0 Å². The van der Waals surface area contributed by atoms with Crippen LogP contribution in [-0.4, -0.2) is 61.6 Å². The van der Waals surface area contributed by atoms with E-state index in [2.05, 4.69) is 0 Å². The fourth-order valence-electron chi connectivity index (χ4n) is 4.05. The van der Waals surface area contributed by atoms with Crippen LogP contribution in [0.15, 0.2) is 66.0 Å². The van der Waals surface area contributed by atoms with Gasteiger partial charge in [-0.05, 0) is 59.8 Å². The molecule has 1 aliphatic rings. The van der Waals surface area contributed by atoms with Gasteiger partial charge in [0, 0.05) is 30.6 Å². The molecule has 0 unspecified atom stereocenters. The van der Waals surface area contributed by atoms with Crippen molar-refractivity contribution >= 4 is 23.2 Å². The molecule has 1 atom stereocenters. The molecular weight excluding hydrogens is 455 g/mol. The van der Waals surface area contributed by atoms with Gasteiger partial charge in [-0.15, -0.1) is 11.3 Å². The van der Waals surface area contributed by atoms with Gasteiger partial charge in [-0.25, -0.2) is 4.39 Å². The standard InChI is InChI=1S/C26H27FN2O4S/c1-32-15-14-28(26(31)19-5-3-2-4-6-19)17-25(30)29-13-11-24-22(12-16-34-24)23(29)18-33-21-9-7-20(27)8-10-21/h2-10,12,16,23H,11,13-15,17-18H2,1H3/t23-/m1/s1. The van der Waals surface area contributed by atoms with Gasteiger partial charge in [0.1, 0.15) is 24.7 Å². The molecule has 0 N–H and O–H groups in total. The molecule has 8 heteroatoms. The number of thiophene rings is 1. The highest BCUT2D eigenvalue weighted by molar-refractivity contribution is 7.10. The Morgan fingerprint density at radius 3 is 2.62 bits per heavy atom. The fraction of sp³-hybridized carbons (Fsp3) is 0.308. The van der Waals surface area contributed by atoms with Gasteiger partial charge in [-0.2, -0.15) is 0 Å². The molecule has 0 saturated heterocycles. The average Bonchev–Trinajstić information content (AvgIpc) is 3.35. The monoisotopic (exact) mass is 482 g/mol. The van der Waals surface area contributed by atoms with Gasteiger partial charge in [-0.3, -0.25) is 9.59 Å². The second-order valence-electron chi connectivity index (χ2n) is 8.00. The maximum absolute atomic E-state index is 13.5. The highest BCUT2D eigenvalue weighted by Gasteiger charge is 2.33. The quantitative estimate of drug-likeness (QED) is 0.459. The van der Waals surface area contributed by atoms with E-state index in [9.17, 15) is 14.0 Å². The van der Waals surface area contributed by atoms with Gasteiger partial charge in [0.05, 0.1) is 12.6 Å². The maximum Gasteiger partial charge on any atom is 0.254 e. The Balaban J connectivity index is 1.51. The molecule has 0 bridgehead atoms. The summed E-state index contributed by atoms with van der Waals surface area (Å²) in [6.07, 6.45) is 0.760. The zero-order valence-electron chi connectivity index (χ0n) is 19.0. The third-order valence-corrected chi connectivity index (χ3v) is 6.83. The van der Waals surface area contributed by atoms with Gasteiger partial charge in [0.2, 0.25) is 5.91 Å². The number of hydrogen-bond donors (Lipinski definition) is 0. The zero-order valence-corrected chi connectivity index (χ0v) is 19.8. The molecule has 34 heavy (non-hydrogen) atoms. The Hall–Kier alpha value is -3.23. The lowest BCUT2D eigenvalue weighted by Gasteiger charge is -2.37. The van der Waals surface area contributed by atoms with Crippen molar-refractivity contribution in [3.05, 3.63) is 87.9 Å². The molecule has 2 aromatic carbocycles. The summed E-state index contributed by atoms with van der Waals surface area (Å²) in [5.74, 6) is -0.151. The Labute approximate surface area is 202 Å². The number of carbonyl (C=O) groups is 2. The summed E-state index contributed by atoms with van der Waals surface area (Å²) in [5, 5.41) is 2.02. The molecule has 0 saturated carbocycles. The van der Waals surface area contributed by atoms with Gasteiger partial charge >= 0.3 is 0 Å². The van der Waals surface area contributed by atoms with E-state index in [-0.39, 0.29) is 36.8 Å². The second kappa shape index (κ2) is 11.3. The van der Waals surface area contributed by atoms with E-state index in [1.54, 1.807) is 59.7 Å². The summed E-state index contributed by atoms with van der Waals surface area (Å²) in [4.78, 5) is 31.1. The lowest BCUT2D eigenvalue weighted by atomic mass is 10.0. The third-order valence-electron chi connectivity index (χ3n) is 5.84. The van der Waals surface area contributed by atoms with E-state index in [4.69, 9.17) is 9.47 Å². The fourth-order valence-corrected chi connectivity index (χ4v) is 4.98. The summed E-state index contributed by atoms with van der Waals surface area (Å²) in [7, 11) is 1.57. The number of fused-ring (bicyclic) bond motifs is 1. The number of halogens is 1. The van der Waals surface area contributed by atoms with Crippen molar-refractivity contribution in [1.82, 2.24) is 9.80 Å². The first kappa shape index (κ1) is 23.9. The number of methoxy groups -OCH3 is 1. The summed E-state index contributed by atoms with van der Waals surface area (Å²) in [5.41, 5.74) is 1.59. The first-order chi connectivity index (χ1) is 16.6. The predicted octanol–water partition coefficient (Wildman–Crippen LogP) is 4.18. The zero-order chi connectivity index (χ0) is 23.9. The van der Waals surface area contributed by atoms with Crippen molar-refractivity contribution < 1.29 is 23.5 Å². The Kier molecular flexibility index (Phi) is 7.92. The van der Waals surface area contributed by atoms with Crippen molar-refractivity contribution in [3.8, 4) is 5.75 Å². The lowest BCUT2D eigenvalue weighted by Crippen LogP contribution is -2.48. The van der Waals surface area contributed by atoms with Crippen molar-refractivity contribution in [2.75, 3.05) is 40.0 Å². The Bertz CT molecular complexity index is 1100. The van der Waals surface area contributed by atoms with Crippen molar-refractivity contribution in [3.63, 3.8) is 0 Å². The molecule has 0 spiro atoms.